The maximum absolute atomic E-state index is 3.77. The lowest BCUT2D eigenvalue weighted by Gasteiger charge is -2.44. The van der Waals surface area contributed by atoms with E-state index in [4.69, 9.17) is 0 Å². The molecule has 0 amide bonds. The molecule has 1 N–H and O–H groups in total. The Morgan fingerprint density at radius 1 is 1.07 bits per heavy atom. The summed E-state index contributed by atoms with van der Waals surface area (Å²) in [7, 11) is 0. The molecule has 1 heterocycles. The predicted molar refractivity (Wildman–Crippen MR) is 62.5 cm³/mol. The van der Waals surface area contributed by atoms with Gasteiger partial charge in [0.2, 0.25) is 0 Å². The van der Waals surface area contributed by atoms with Crippen molar-refractivity contribution in [3.8, 4) is 0 Å². The third kappa shape index (κ3) is 1.61. The molecule has 0 aromatic heterocycles. The van der Waals surface area contributed by atoms with Gasteiger partial charge in [-0.15, -0.1) is 11.8 Å². The van der Waals surface area contributed by atoms with E-state index in [2.05, 4.69) is 17.1 Å². The molecule has 1 nitrogen and oxygen atoms in total. The van der Waals surface area contributed by atoms with Crippen LogP contribution in [0.5, 0.6) is 0 Å². The minimum atomic E-state index is 0.526. The molecule has 2 heteroatoms. The SMILES string of the molecule is C1CC[C@@H]2C[C@]3(CC[C@H]2C1)NCCS3. The first-order valence-electron chi connectivity index (χ1n) is 6.27. The van der Waals surface area contributed by atoms with Crippen LogP contribution < -0.4 is 5.32 Å². The number of rotatable bonds is 0. The van der Waals surface area contributed by atoms with Crippen LogP contribution in [-0.4, -0.2) is 17.2 Å². The van der Waals surface area contributed by atoms with Gasteiger partial charge in [0.15, 0.2) is 0 Å². The van der Waals surface area contributed by atoms with Gasteiger partial charge in [-0.05, 0) is 31.1 Å². The molecule has 0 radical (unpaired) electrons. The van der Waals surface area contributed by atoms with Crippen LogP contribution in [0.3, 0.4) is 0 Å². The molecule has 1 aliphatic heterocycles. The summed E-state index contributed by atoms with van der Waals surface area (Å²) in [5.74, 6) is 3.50. The highest BCUT2D eigenvalue weighted by atomic mass is 32.2. The summed E-state index contributed by atoms with van der Waals surface area (Å²) in [5.41, 5.74) is 0. The highest BCUT2D eigenvalue weighted by Gasteiger charge is 2.43. The number of hydrogen-bond donors (Lipinski definition) is 1. The third-order valence-electron chi connectivity index (χ3n) is 4.50. The van der Waals surface area contributed by atoms with Crippen molar-refractivity contribution in [3.05, 3.63) is 0 Å². The Labute approximate surface area is 91.4 Å². The average Bonchev–Trinajstić information content (AvgIpc) is 2.66. The van der Waals surface area contributed by atoms with E-state index < -0.39 is 0 Å². The smallest absolute Gasteiger partial charge is 0.0648 e. The Bertz CT molecular complexity index is 210. The first kappa shape index (κ1) is 9.53. The van der Waals surface area contributed by atoms with E-state index in [0.29, 0.717) is 4.87 Å². The standard InChI is InChI=1S/C12H21NS/c1-2-4-11-9-12(13-7-8-14-12)6-5-10(11)3-1/h10-11,13H,1-9H2/t10-,11-,12-/m1/s1. The van der Waals surface area contributed by atoms with Crippen LogP contribution in [0.15, 0.2) is 0 Å². The van der Waals surface area contributed by atoms with Gasteiger partial charge in [-0.25, -0.2) is 0 Å². The molecule has 0 aromatic carbocycles. The van der Waals surface area contributed by atoms with Crippen LogP contribution in [0.4, 0.5) is 0 Å². The highest BCUT2D eigenvalue weighted by Crippen LogP contribution is 2.49. The lowest BCUT2D eigenvalue weighted by Crippen LogP contribution is -2.45. The van der Waals surface area contributed by atoms with Gasteiger partial charge in [0.25, 0.3) is 0 Å². The molecular weight excluding hydrogens is 190 g/mol. The molecule has 0 aromatic rings. The van der Waals surface area contributed by atoms with Gasteiger partial charge < -0.3 is 5.32 Å². The second kappa shape index (κ2) is 3.71. The van der Waals surface area contributed by atoms with E-state index in [1.54, 1.807) is 0 Å². The molecular formula is C12H21NS. The summed E-state index contributed by atoms with van der Waals surface area (Å²) in [4.78, 5) is 0.526. The normalized spacial score (nSPS) is 48.0. The molecule has 3 fully saturated rings. The van der Waals surface area contributed by atoms with Crippen LogP contribution >= 0.6 is 11.8 Å². The minimum absolute atomic E-state index is 0.526. The maximum Gasteiger partial charge on any atom is 0.0648 e. The summed E-state index contributed by atoms with van der Waals surface area (Å²) in [5, 5.41) is 3.77. The average molecular weight is 211 g/mol. The number of hydrogen-bond acceptors (Lipinski definition) is 2. The quantitative estimate of drug-likeness (QED) is 0.661. The van der Waals surface area contributed by atoms with Gasteiger partial charge in [-0.1, -0.05) is 25.7 Å². The highest BCUT2D eigenvalue weighted by molar-refractivity contribution is 8.00. The first-order chi connectivity index (χ1) is 6.88. The Morgan fingerprint density at radius 3 is 2.71 bits per heavy atom. The molecule has 2 aliphatic carbocycles. The zero-order valence-electron chi connectivity index (χ0n) is 8.93. The van der Waals surface area contributed by atoms with E-state index in [-0.39, 0.29) is 0 Å². The lowest BCUT2D eigenvalue weighted by molar-refractivity contribution is 0.135. The van der Waals surface area contributed by atoms with Crippen molar-refractivity contribution >= 4 is 11.8 Å². The van der Waals surface area contributed by atoms with Crippen molar-refractivity contribution < 1.29 is 0 Å². The zero-order valence-corrected chi connectivity index (χ0v) is 9.74. The van der Waals surface area contributed by atoms with Crippen molar-refractivity contribution in [2.24, 2.45) is 11.8 Å². The third-order valence-corrected chi connectivity index (χ3v) is 5.98. The Hall–Kier alpha value is 0.310. The molecule has 3 atom stereocenters. The van der Waals surface area contributed by atoms with Crippen molar-refractivity contribution in [2.75, 3.05) is 12.3 Å². The summed E-state index contributed by atoms with van der Waals surface area (Å²) >= 11 is 2.21. The molecule has 3 aliphatic rings. The van der Waals surface area contributed by atoms with Crippen LogP contribution in [-0.2, 0) is 0 Å². The Balaban J connectivity index is 1.70. The van der Waals surface area contributed by atoms with Gasteiger partial charge in [-0.2, -0.15) is 0 Å². The van der Waals surface area contributed by atoms with Gasteiger partial charge in [0.05, 0.1) is 4.87 Å². The van der Waals surface area contributed by atoms with Crippen LogP contribution in [0.2, 0.25) is 0 Å². The predicted octanol–water partition coefficient (Wildman–Crippen LogP) is 3.01. The molecule has 0 bridgehead atoms. The second-order valence-electron chi connectivity index (χ2n) is 5.32. The molecule has 0 unspecified atom stereocenters. The van der Waals surface area contributed by atoms with E-state index >= 15 is 0 Å². The number of thioether (sulfide) groups is 1. The van der Waals surface area contributed by atoms with Crippen molar-refractivity contribution in [1.82, 2.24) is 5.32 Å². The molecule has 14 heavy (non-hydrogen) atoms. The van der Waals surface area contributed by atoms with Gasteiger partial charge in [-0.3, -0.25) is 0 Å². The fraction of sp³-hybridized carbons (Fsp3) is 1.00. The fourth-order valence-corrected chi connectivity index (χ4v) is 5.14. The van der Waals surface area contributed by atoms with Gasteiger partial charge in [0, 0.05) is 12.3 Å². The Kier molecular flexibility index (Phi) is 2.53. The molecule has 1 spiro atoms. The summed E-state index contributed by atoms with van der Waals surface area (Å²) < 4.78 is 0. The second-order valence-corrected chi connectivity index (χ2v) is 6.80. The van der Waals surface area contributed by atoms with Crippen molar-refractivity contribution in [3.63, 3.8) is 0 Å². The van der Waals surface area contributed by atoms with Crippen molar-refractivity contribution in [2.45, 2.75) is 49.8 Å². The molecule has 2 saturated carbocycles. The minimum Gasteiger partial charge on any atom is -0.302 e. The lowest BCUT2D eigenvalue weighted by atomic mass is 9.69. The van der Waals surface area contributed by atoms with Crippen LogP contribution in [0.25, 0.3) is 0 Å². The zero-order chi connectivity index (χ0) is 9.43. The Morgan fingerprint density at radius 2 is 1.93 bits per heavy atom. The van der Waals surface area contributed by atoms with E-state index in [1.807, 2.05) is 0 Å². The molecule has 3 rings (SSSR count). The van der Waals surface area contributed by atoms with E-state index in [1.165, 1.54) is 57.2 Å². The first-order valence-corrected chi connectivity index (χ1v) is 7.26. The largest absolute Gasteiger partial charge is 0.302 e. The number of nitrogens with one attached hydrogen (secondary N) is 1. The molecule has 1 saturated heterocycles. The van der Waals surface area contributed by atoms with Gasteiger partial charge in [0.1, 0.15) is 0 Å². The maximum atomic E-state index is 3.77. The number of fused-ring (bicyclic) bond motifs is 1. The molecule has 80 valence electrons. The van der Waals surface area contributed by atoms with Crippen LogP contribution in [0, 0.1) is 11.8 Å². The van der Waals surface area contributed by atoms with E-state index in [9.17, 15) is 0 Å². The van der Waals surface area contributed by atoms with Gasteiger partial charge >= 0.3 is 0 Å². The monoisotopic (exact) mass is 211 g/mol. The van der Waals surface area contributed by atoms with Crippen molar-refractivity contribution in [1.29, 1.82) is 0 Å². The topological polar surface area (TPSA) is 12.0 Å². The fourth-order valence-electron chi connectivity index (χ4n) is 3.75. The summed E-state index contributed by atoms with van der Waals surface area (Å²) in [6.07, 6.45) is 10.5. The van der Waals surface area contributed by atoms with Crippen LogP contribution in [0.1, 0.15) is 44.9 Å². The summed E-state index contributed by atoms with van der Waals surface area (Å²) in [6.45, 7) is 1.25. The van der Waals surface area contributed by atoms with E-state index in [0.717, 1.165) is 11.8 Å². The summed E-state index contributed by atoms with van der Waals surface area (Å²) in [6, 6.07) is 0.